The Balaban J connectivity index is 2.33. The molecule has 1 aromatic carbocycles. The van der Waals surface area contributed by atoms with Crippen molar-refractivity contribution >= 4 is 0 Å². The number of unbranched alkanes of at least 4 members (excludes halogenated alkanes) is 1. The van der Waals surface area contributed by atoms with E-state index in [0.717, 1.165) is 37.9 Å². The molecule has 116 valence electrons. The minimum Gasteiger partial charge on any atom is -0.494 e. The van der Waals surface area contributed by atoms with Crippen LogP contribution in [-0.2, 0) is 6.42 Å². The standard InChI is InChI=1S/C18H28N2O/c1-4-16(20)12-15-8-7-9-17(13-15)21-11-6-5-10-18(2,3)14-19/h7-9,13,16H,4-6,10-12,20H2,1-3H3. The first kappa shape index (κ1) is 17.5. The summed E-state index contributed by atoms with van der Waals surface area (Å²) in [4.78, 5) is 0. The van der Waals surface area contributed by atoms with Crippen LogP contribution < -0.4 is 10.5 Å². The summed E-state index contributed by atoms with van der Waals surface area (Å²) in [7, 11) is 0. The van der Waals surface area contributed by atoms with Crippen LogP contribution in [0.15, 0.2) is 24.3 Å². The third kappa shape index (κ3) is 7.15. The Hall–Kier alpha value is -1.53. The van der Waals surface area contributed by atoms with Gasteiger partial charge in [-0.05, 0) is 63.6 Å². The molecule has 1 aromatic rings. The van der Waals surface area contributed by atoms with Crippen LogP contribution in [0.3, 0.4) is 0 Å². The van der Waals surface area contributed by atoms with Crippen molar-refractivity contribution in [2.75, 3.05) is 6.61 Å². The fraction of sp³-hybridized carbons (Fsp3) is 0.611. The van der Waals surface area contributed by atoms with E-state index in [1.165, 1.54) is 5.56 Å². The van der Waals surface area contributed by atoms with Gasteiger partial charge in [0.05, 0.1) is 18.1 Å². The van der Waals surface area contributed by atoms with Crippen molar-refractivity contribution < 1.29 is 4.74 Å². The van der Waals surface area contributed by atoms with Crippen LogP contribution in [-0.4, -0.2) is 12.6 Å². The number of nitriles is 1. The van der Waals surface area contributed by atoms with E-state index in [9.17, 15) is 0 Å². The van der Waals surface area contributed by atoms with Crippen LogP contribution in [0.4, 0.5) is 0 Å². The summed E-state index contributed by atoms with van der Waals surface area (Å²) < 4.78 is 5.79. The monoisotopic (exact) mass is 288 g/mol. The van der Waals surface area contributed by atoms with Gasteiger partial charge >= 0.3 is 0 Å². The first-order valence-electron chi connectivity index (χ1n) is 7.85. The normalized spacial score (nSPS) is 12.7. The Morgan fingerprint density at radius 2 is 2.10 bits per heavy atom. The third-order valence-corrected chi connectivity index (χ3v) is 3.69. The van der Waals surface area contributed by atoms with Gasteiger partial charge in [0.1, 0.15) is 5.75 Å². The zero-order valence-corrected chi connectivity index (χ0v) is 13.6. The van der Waals surface area contributed by atoms with Crippen LogP contribution in [0.25, 0.3) is 0 Å². The zero-order chi connectivity index (χ0) is 15.7. The number of nitrogens with two attached hydrogens (primary N) is 1. The summed E-state index contributed by atoms with van der Waals surface area (Å²) in [5.41, 5.74) is 6.98. The van der Waals surface area contributed by atoms with E-state index in [1.807, 2.05) is 26.0 Å². The molecule has 3 heteroatoms. The van der Waals surface area contributed by atoms with E-state index in [0.29, 0.717) is 6.61 Å². The van der Waals surface area contributed by atoms with E-state index >= 15 is 0 Å². The minimum absolute atomic E-state index is 0.216. The Morgan fingerprint density at radius 3 is 2.76 bits per heavy atom. The largest absolute Gasteiger partial charge is 0.494 e. The molecule has 1 atom stereocenters. The summed E-state index contributed by atoms with van der Waals surface area (Å²) in [6, 6.07) is 10.7. The van der Waals surface area contributed by atoms with Gasteiger partial charge in [0.2, 0.25) is 0 Å². The summed E-state index contributed by atoms with van der Waals surface area (Å²) in [6.45, 7) is 6.77. The highest BCUT2D eigenvalue weighted by Gasteiger charge is 2.15. The van der Waals surface area contributed by atoms with E-state index in [4.69, 9.17) is 15.7 Å². The van der Waals surface area contributed by atoms with Crippen LogP contribution >= 0.6 is 0 Å². The van der Waals surface area contributed by atoms with Gasteiger partial charge in [-0.1, -0.05) is 19.1 Å². The van der Waals surface area contributed by atoms with Crippen molar-refractivity contribution in [1.82, 2.24) is 0 Å². The quantitative estimate of drug-likeness (QED) is 0.697. The molecule has 1 unspecified atom stereocenters. The maximum absolute atomic E-state index is 8.96. The van der Waals surface area contributed by atoms with E-state index in [2.05, 4.69) is 25.1 Å². The number of nitrogens with zero attached hydrogens (tertiary/aromatic N) is 1. The van der Waals surface area contributed by atoms with Crippen molar-refractivity contribution in [3.05, 3.63) is 29.8 Å². The SMILES string of the molecule is CCC(N)Cc1cccc(OCCCCC(C)(C)C#N)c1. The van der Waals surface area contributed by atoms with Crippen LogP contribution in [0.1, 0.15) is 52.0 Å². The minimum atomic E-state index is -0.226. The molecule has 21 heavy (non-hydrogen) atoms. The average Bonchev–Trinajstić information content (AvgIpc) is 2.47. The summed E-state index contributed by atoms with van der Waals surface area (Å²) in [6.07, 6.45) is 4.78. The Morgan fingerprint density at radius 1 is 1.33 bits per heavy atom. The lowest BCUT2D eigenvalue weighted by Gasteiger charge is -2.14. The van der Waals surface area contributed by atoms with Crippen molar-refractivity contribution in [3.63, 3.8) is 0 Å². The number of hydrogen-bond acceptors (Lipinski definition) is 3. The fourth-order valence-corrected chi connectivity index (χ4v) is 2.12. The van der Waals surface area contributed by atoms with Crippen molar-refractivity contribution in [2.24, 2.45) is 11.1 Å². The van der Waals surface area contributed by atoms with Gasteiger partial charge in [0.15, 0.2) is 0 Å². The average molecular weight is 288 g/mol. The molecule has 0 radical (unpaired) electrons. The first-order valence-corrected chi connectivity index (χ1v) is 7.85. The highest BCUT2D eigenvalue weighted by atomic mass is 16.5. The second kappa shape index (κ2) is 8.69. The molecule has 3 nitrogen and oxygen atoms in total. The first-order chi connectivity index (χ1) is 9.96. The predicted molar refractivity (Wildman–Crippen MR) is 87.2 cm³/mol. The second-order valence-corrected chi connectivity index (χ2v) is 6.32. The number of hydrogen-bond donors (Lipinski definition) is 1. The van der Waals surface area contributed by atoms with Gasteiger partial charge in [-0.2, -0.15) is 5.26 Å². The topological polar surface area (TPSA) is 59.0 Å². The Labute approximate surface area is 129 Å². The maximum atomic E-state index is 8.96. The zero-order valence-electron chi connectivity index (χ0n) is 13.6. The lowest BCUT2D eigenvalue weighted by molar-refractivity contribution is 0.294. The van der Waals surface area contributed by atoms with Crippen molar-refractivity contribution in [1.29, 1.82) is 5.26 Å². The number of rotatable bonds is 9. The molecular formula is C18H28N2O. The Bertz CT molecular complexity index is 463. The van der Waals surface area contributed by atoms with Gasteiger partial charge in [0, 0.05) is 6.04 Å². The molecular weight excluding hydrogens is 260 g/mol. The lowest BCUT2D eigenvalue weighted by Crippen LogP contribution is -2.21. The number of ether oxygens (including phenoxy) is 1. The molecule has 0 bridgehead atoms. The van der Waals surface area contributed by atoms with E-state index in [-0.39, 0.29) is 11.5 Å². The molecule has 0 saturated carbocycles. The fourth-order valence-electron chi connectivity index (χ4n) is 2.12. The molecule has 0 heterocycles. The molecule has 0 aliphatic heterocycles. The molecule has 2 N–H and O–H groups in total. The van der Waals surface area contributed by atoms with Gasteiger partial charge in [-0.25, -0.2) is 0 Å². The Kier molecular flexibility index (Phi) is 7.25. The molecule has 0 aromatic heterocycles. The molecule has 1 rings (SSSR count). The third-order valence-electron chi connectivity index (χ3n) is 3.69. The summed E-state index contributed by atoms with van der Waals surface area (Å²) in [5.74, 6) is 0.912. The van der Waals surface area contributed by atoms with Crippen LogP contribution in [0, 0.1) is 16.7 Å². The molecule has 0 aliphatic rings. The smallest absolute Gasteiger partial charge is 0.119 e. The maximum Gasteiger partial charge on any atom is 0.119 e. The van der Waals surface area contributed by atoms with Crippen LogP contribution in [0.5, 0.6) is 5.75 Å². The van der Waals surface area contributed by atoms with Crippen molar-refractivity contribution in [2.45, 2.75) is 58.9 Å². The van der Waals surface area contributed by atoms with E-state index < -0.39 is 0 Å². The number of benzene rings is 1. The summed E-state index contributed by atoms with van der Waals surface area (Å²) in [5, 5.41) is 8.96. The van der Waals surface area contributed by atoms with Gasteiger partial charge < -0.3 is 10.5 Å². The molecule has 0 saturated heterocycles. The lowest BCUT2D eigenvalue weighted by atomic mass is 9.89. The molecule has 0 fully saturated rings. The predicted octanol–water partition coefficient (Wildman–Crippen LogP) is 4.07. The van der Waals surface area contributed by atoms with Gasteiger partial charge in [0.25, 0.3) is 0 Å². The van der Waals surface area contributed by atoms with Crippen LogP contribution in [0.2, 0.25) is 0 Å². The summed E-state index contributed by atoms with van der Waals surface area (Å²) >= 11 is 0. The van der Waals surface area contributed by atoms with E-state index in [1.54, 1.807) is 0 Å². The van der Waals surface area contributed by atoms with Gasteiger partial charge in [-0.15, -0.1) is 0 Å². The molecule has 0 aliphatic carbocycles. The second-order valence-electron chi connectivity index (χ2n) is 6.32. The van der Waals surface area contributed by atoms with Gasteiger partial charge in [-0.3, -0.25) is 0 Å². The van der Waals surface area contributed by atoms with Crippen molar-refractivity contribution in [3.8, 4) is 11.8 Å². The molecule has 0 amide bonds. The molecule has 0 spiro atoms. The highest BCUT2D eigenvalue weighted by molar-refractivity contribution is 5.29. The highest BCUT2D eigenvalue weighted by Crippen LogP contribution is 2.22.